The summed E-state index contributed by atoms with van der Waals surface area (Å²) in [6.07, 6.45) is 6.42. The first kappa shape index (κ1) is 17.7. The number of rotatable bonds is 3. The first-order valence-corrected chi connectivity index (χ1v) is 9.55. The van der Waals surface area contributed by atoms with Crippen molar-refractivity contribution in [1.82, 2.24) is 0 Å². The summed E-state index contributed by atoms with van der Waals surface area (Å²) in [5.41, 5.74) is 5.77. The van der Waals surface area contributed by atoms with Gasteiger partial charge in [-0.3, -0.25) is 0 Å². The molecule has 3 aliphatic carbocycles. The van der Waals surface area contributed by atoms with Crippen molar-refractivity contribution in [3.8, 4) is 0 Å². The highest BCUT2D eigenvalue weighted by atomic mass is 16.3. The summed E-state index contributed by atoms with van der Waals surface area (Å²) >= 11 is 0. The van der Waals surface area contributed by atoms with Crippen LogP contribution in [0.1, 0.15) is 58.8 Å². The fourth-order valence-corrected chi connectivity index (χ4v) is 6.54. The maximum atomic E-state index is 10.7. The zero-order valence-corrected chi connectivity index (χ0v) is 14.7. The van der Waals surface area contributed by atoms with E-state index >= 15 is 0 Å². The number of hydrogen-bond acceptors (Lipinski definition) is 4. The van der Waals surface area contributed by atoms with E-state index in [-0.39, 0.29) is 24.0 Å². The second-order valence-electron chi connectivity index (χ2n) is 9.06. The Balaban J connectivity index is 1.84. The van der Waals surface area contributed by atoms with Gasteiger partial charge in [-0.05, 0) is 93.4 Å². The smallest absolute Gasteiger partial charge is 0.0650 e. The Labute approximate surface area is 140 Å². The molecule has 8 atom stereocenters. The van der Waals surface area contributed by atoms with Gasteiger partial charge in [0.1, 0.15) is 0 Å². The molecule has 134 valence electrons. The van der Waals surface area contributed by atoms with Crippen LogP contribution in [0.4, 0.5) is 0 Å². The number of nitrogens with two attached hydrogens (primary N) is 1. The fraction of sp³-hybridized carbons (Fsp3) is 1.00. The number of aliphatic hydroxyl groups is 3. The van der Waals surface area contributed by atoms with Gasteiger partial charge in [0, 0.05) is 6.61 Å². The Morgan fingerprint density at radius 3 is 2.39 bits per heavy atom. The topological polar surface area (TPSA) is 86.7 Å². The first-order chi connectivity index (χ1) is 10.8. The summed E-state index contributed by atoms with van der Waals surface area (Å²) < 4.78 is 0. The SMILES string of the molecule is C[C@]1([C@H]2CC[C@H]3[C@@H](CC[C@]3(C)O)[C@@H]2CN)CC[C@H](O)C[C@@H]1CO. The normalized spacial score (nSPS) is 54.0. The van der Waals surface area contributed by atoms with E-state index in [2.05, 4.69) is 6.92 Å². The van der Waals surface area contributed by atoms with Crippen molar-refractivity contribution < 1.29 is 15.3 Å². The second kappa shape index (κ2) is 6.29. The van der Waals surface area contributed by atoms with E-state index in [0.717, 1.165) is 38.5 Å². The summed E-state index contributed by atoms with van der Waals surface area (Å²) in [5, 5.41) is 30.6. The molecule has 0 heterocycles. The predicted octanol–water partition coefficient (Wildman–Crippen LogP) is 1.91. The molecule has 0 aliphatic heterocycles. The molecule has 0 bridgehead atoms. The van der Waals surface area contributed by atoms with Crippen LogP contribution in [-0.2, 0) is 0 Å². The maximum Gasteiger partial charge on any atom is 0.0650 e. The zero-order valence-electron chi connectivity index (χ0n) is 14.7. The highest BCUT2D eigenvalue weighted by Gasteiger charge is 2.55. The van der Waals surface area contributed by atoms with Crippen LogP contribution in [0.25, 0.3) is 0 Å². The van der Waals surface area contributed by atoms with Gasteiger partial charge in [0.2, 0.25) is 0 Å². The second-order valence-corrected chi connectivity index (χ2v) is 9.06. The van der Waals surface area contributed by atoms with Gasteiger partial charge in [0.15, 0.2) is 0 Å². The minimum atomic E-state index is -0.525. The fourth-order valence-electron chi connectivity index (χ4n) is 6.54. The molecule has 3 aliphatic rings. The molecule has 0 spiro atoms. The van der Waals surface area contributed by atoms with Crippen LogP contribution < -0.4 is 5.73 Å². The maximum absolute atomic E-state index is 10.7. The Hall–Kier alpha value is -0.160. The third kappa shape index (κ3) is 2.86. The van der Waals surface area contributed by atoms with Crippen molar-refractivity contribution in [2.45, 2.75) is 70.5 Å². The first-order valence-electron chi connectivity index (χ1n) is 9.55. The van der Waals surface area contributed by atoms with Crippen LogP contribution in [0.3, 0.4) is 0 Å². The van der Waals surface area contributed by atoms with Crippen molar-refractivity contribution in [2.75, 3.05) is 13.2 Å². The van der Waals surface area contributed by atoms with Gasteiger partial charge in [-0.25, -0.2) is 0 Å². The highest BCUT2D eigenvalue weighted by molar-refractivity contribution is 5.06. The third-order valence-electron chi connectivity index (χ3n) is 8.00. The monoisotopic (exact) mass is 325 g/mol. The van der Waals surface area contributed by atoms with Crippen molar-refractivity contribution in [3.63, 3.8) is 0 Å². The lowest BCUT2D eigenvalue weighted by molar-refractivity contribution is -0.0985. The third-order valence-corrected chi connectivity index (χ3v) is 8.00. The van der Waals surface area contributed by atoms with Crippen LogP contribution in [-0.4, -0.2) is 40.2 Å². The van der Waals surface area contributed by atoms with Crippen molar-refractivity contribution in [3.05, 3.63) is 0 Å². The summed E-state index contributed by atoms with van der Waals surface area (Å²) in [4.78, 5) is 0. The standard InChI is InChI=1S/C19H35NO3/c1-18(7-5-13(22)9-12(18)11-21)16-3-4-17-14(15(16)10-20)6-8-19(17,2)23/h12-17,21-23H,3-11,20H2,1-2H3/t12-,13+,14+,15+,16+,17+,18+,19+/m1/s1. The van der Waals surface area contributed by atoms with E-state index in [1.807, 2.05) is 6.92 Å². The lowest BCUT2D eigenvalue weighted by atomic mass is 9.51. The molecule has 3 rings (SSSR count). The highest BCUT2D eigenvalue weighted by Crippen LogP contribution is 2.59. The molecule has 0 radical (unpaired) electrons. The number of aliphatic hydroxyl groups excluding tert-OH is 2. The van der Waals surface area contributed by atoms with Crippen molar-refractivity contribution in [1.29, 1.82) is 0 Å². The average molecular weight is 325 g/mol. The van der Waals surface area contributed by atoms with E-state index in [9.17, 15) is 15.3 Å². The largest absolute Gasteiger partial charge is 0.396 e. The van der Waals surface area contributed by atoms with Gasteiger partial charge in [-0.1, -0.05) is 6.92 Å². The predicted molar refractivity (Wildman–Crippen MR) is 90.6 cm³/mol. The molecule has 0 amide bonds. The molecule has 23 heavy (non-hydrogen) atoms. The van der Waals surface area contributed by atoms with Gasteiger partial charge < -0.3 is 21.1 Å². The molecule has 0 saturated heterocycles. The molecule has 0 aromatic heterocycles. The molecule has 3 saturated carbocycles. The molecule has 5 N–H and O–H groups in total. The number of fused-ring (bicyclic) bond motifs is 1. The van der Waals surface area contributed by atoms with E-state index in [4.69, 9.17) is 5.73 Å². The van der Waals surface area contributed by atoms with Crippen molar-refractivity contribution in [2.24, 2.45) is 40.7 Å². The Morgan fingerprint density at radius 2 is 1.74 bits per heavy atom. The minimum Gasteiger partial charge on any atom is -0.396 e. The molecule has 0 aromatic rings. The quantitative estimate of drug-likeness (QED) is 0.638. The van der Waals surface area contributed by atoms with E-state index in [1.54, 1.807) is 0 Å². The van der Waals surface area contributed by atoms with Gasteiger partial charge >= 0.3 is 0 Å². The van der Waals surface area contributed by atoms with Crippen LogP contribution in [0.2, 0.25) is 0 Å². The van der Waals surface area contributed by atoms with Gasteiger partial charge in [0.25, 0.3) is 0 Å². The van der Waals surface area contributed by atoms with Gasteiger partial charge in [0.05, 0.1) is 11.7 Å². The Kier molecular flexibility index (Phi) is 4.83. The lowest BCUT2D eigenvalue weighted by Crippen LogP contribution is -2.52. The van der Waals surface area contributed by atoms with Crippen LogP contribution in [0.5, 0.6) is 0 Å². The summed E-state index contributed by atoms with van der Waals surface area (Å²) in [7, 11) is 0. The van der Waals surface area contributed by atoms with E-state index in [0.29, 0.717) is 36.6 Å². The summed E-state index contributed by atoms with van der Waals surface area (Å²) in [6, 6.07) is 0. The molecule has 3 fully saturated rings. The minimum absolute atomic E-state index is 0.0669. The molecule has 0 unspecified atom stereocenters. The molecular weight excluding hydrogens is 290 g/mol. The van der Waals surface area contributed by atoms with Crippen LogP contribution >= 0.6 is 0 Å². The number of hydrogen-bond donors (Lipinski definition) is 4. The van der Waals surface area contributed by atoms with E-state index in [1.165, 1.54) is 0 Å². The molecular formula is C19H35NO3. The average Bonchev–Trinajstić information content (AvgIpc) is 2.84. The van der Waals surface area contributed by atoms with Crippen LogP contribution in [0.15, 0.2) is 0 Å². The molecule has 0 aromatic carbocycles. The molecule has 4 heteroatoms. The summed E-state index contributed by atoms with van der Waals surface area (Å²) in [6.45, 7) is 5.16. The summed E-state index contributed by atoms with van der Waals surface area (Å²) in [5.74, 6) is 2.03. The van der Waals surface area contributed by atoms with Crippen molar-refractivity contribution >= 4 is 0 Å². The van der Waals surface area contributed by atoms with E-state index < -0.39 is 5.60 Å². The Bertz CT molecular complexity index is 427. The van der Waals surface area contributed by atoms with Crippen LogP contribution in [0, 0.1) is 35.0 Å². The zero-order chi connectivity index (χ0) is 16.8. The lowest BCUT2D eigenvalue weighted by Gasteiger charge is -2.54. The van der Waals surface area contributed by atoms with Gasteiger partial charge in [-0.2, -0.15) is 0 Å². The molecule has 4 nitrogen and oxygen atoms in total. The van der Waals surface area contributed by atoms with Gasteiger partial charge in [-0.15, -0.1) is 0 Å². The Morgan fingerprint density at radius 1 is 1.04 bits per heavy atom.